The predicted octanol–water partition coefficient (Wildman–Crippen LogP) is 3.29. The van der Waals surface area contributed by atoms with Gasteiger partial charge < -0.3 is 10.6 Å². The second kappa shape index (κ2) is 5.31. The van der Waals surface area contributed by atoms with E-state index in [4.69, 9.17) is 5.73 Å². The summed E-state index contributed by atoms with van der Waals surface area (Å²) in [5, 5.41) is 0. The number of nitrogens with zero attached hydrogens (tertiary/aromatic N) is 1. The SMILES string of the molecule is CC(C)N(CC1CC1)C(=O)c1cc(Br)ccc1N. The molecule has 0 bridgehead atoms. The lowest BCUT2D eigenvalue weighted by molar-refractivity contribution is 0.0697. The molecule has 1 aliphatic carbocycles. The number of nitrogens with two attached hydrogens (primary N) is 1. The summed E-state index contributed by atoms with van der Waals surface area (Å²) in [6.45, 7) is 4.95. The van der Waals surface area contributed by atoms with Crippen LogP contribution in [0.15, 0.2) is 22.7 Å². The molecule has 18 heavy (non-hydrogen) atoms. The van der Waals surface area contributed by atoms with Crippen LogP contribution in [0.5, 0.6) is 0 Å². The molecule has 4 heteroatoms. The standard InChI is InChI=1S/C14H19BrN2O/c1-9(2)17(8-10-3-4-10)14(18)12-7-11(15)5-6-13(12)16/h5-7,9-10H,3-4,8,16H2,1-2H3. The first-order chi connectivity index (χ1) is 8.49. The molecule has 3 nitrogen and oxygen atoms in total. The van der Waals surface area contributed by atoms with Gasteiger partial charge in [-0.1, -0.05) is 15.9 Å². The number of rotatable bonds is 4. The number of anilines is 1. The van der Waals surface area contributed by atoms with E-state index >= 15 is 0 Å². The van der Waals surface area contributed by atoms with Crippen LogP contribution in [-0.2, 0) is 0 Å². The minimum Gasteiger partial charge on any atom is -0.398 e. The molecule has 1 aromatic carbocycles. The second-order valence-corrected chi connectivity index (χ2v) is 6.14. The third-order valence-corrected chi connectivity index (χ3v) is 3.78. The number of carbonyl (C=O) groups is 1. The quantitative estimate of drug-likeness (QED) is 0.867. The minimum atomic E-state index is 0.0377. The third-order valence-electron chi connectivity index (χ3n) is 3.28. The van der Waals surface area contributed by atoms with Crippen molar-refractivity contribution in [1.82, 2.24) is 4.90 Å². The van der Waals surface area contributed by atoms with Crippen LogP contribution in [0.4, 0.5) is 5.69 Å². The Kier molecular flexibility index (Phi) is 3.95. The van der Waals surface area contributed by atoms with Gasteiger partial charge in [0.05, 0.1) is 5.56 Å². The van der Waals surface area contributed by atoms with Gasteiger partial charge in [0.2, 0.25) is 0 Å². The van der Waals surface area contributed by atoms with Crippen molar-refractivity contribution < 1.29 is 4.79 Å². The maximum absolute atomic E-state index is 12.5. The van der Waals surface area contributed by atoms with Gasteiger partial charge in [0, 0.05) is 22.7 Å². The van der Waals surface area contributed by atoms with E-state index in [1.807, 2.05) is 11.0 Å². The first-order valence-electron chi connectivity index (χ1n) is 6.35. The maximum Gasteiger partial charge on any atom is 0.256 e. The number of nitrogen functional groups attached to an aromatic ring is 1. The first-order valence-corrected chi connectivity index (χ1v) is 7.14. The Balaban J connectivity index is 2.23. The highest BCUT2D eigenvalue weighted by Gasteiger charge is 2.29. The number of amides is 1. The van der Waals surface area contributed by atoms with Crippen molar-refractivity contribution in [1.29, 1.82) is 0 Å². The monoisotopic (exact) mass is 310 g/mol. The van der Waals surface area contributed by atoms with Crippen LogP contribution in [0, 0.1) is 5.92 Å². The van der Waals surface area contributed by atoms with Gasteiger partial charge in [-0.25, -0.2) is 0 Å². The molecule has 0 heterocycles. The van der Waals surface area contributed by atoms with Crippen LogP contribution < -0.4 is 5.73 Å². The van der Waals surface area contributed by atoms with Gasteiger partial charge in [-0.05, 0) is 50.8 Å². The highest BCUT2D eigenvalue weighted by atomic mass is 79.9. The van der Waals surface area contributed by atoms with Crippen molar-refractivity contribution in [3.8, 4) is 0 Å². The lowest BCUT2D eigenvalue weighted by Crippen LogP contribution is -2.38. The summed E-state index contributed by atoms with van der Waals surface area (Å²) in [7, 11) is 0. The first kappa shape index (κ1) is 13.4. The van der Waals surface area contributed by atoms with Gasteiger partial charge in [-0.15, -0.1) is 0 Å². The number of halogens is 1. The third kappa shape index (κ3) is 3.05. The molecule has 0 aromatic heterocycles. The minimum absolute atomic E-state index is 0.0377. The van der Waals surface area contributed by atoms with Gasteiger partial charge in [0.25, 0.3) is 5.91 Å². The van der Waals surface area contributed by atoms with E-state index in [1.54, 1.807) is 12.1 Å². The fourth-order valence-electron chi connectivity index (χ4n) is 1.98. The number of carbonyl (C=O) groups excluding carboxylic acids is 1. The van der Waals surface area contributed by atoms with E-state index in [-0.39, 0.29) is 11.9 Å². The van der Waals surface area contributed by atoms with Crippen molar-refractivity contribution in [3.63, 3.8) is 0 Å². The summed E-state index contributed by atoms with van der Waals surface area (Å²) >= 11 is 3.39. The summed E-state index contributed by atoms with van der Waals surface area (Å²) in [6.07, 6.45) is 2.48. The zero-order chi connectivity index (χ0) is 13.3. The van der Waals surface area contributed by atoms with E-state index in [0.29, 0.717) is 17.2 Å². The highest BCUT2D eigenvalue weighted by Crippen LogP contribution is 2.31. The van der Waals surface area contributed by atoms with E-state index in [0.717, 1.165) is 11.0 Å². The zero-order valence-electron chi connectivity index (χ0n) is 10.8. The van der Waals surface area contributed by atoms with Crippen LogP contribution in [0.1, 0.15) is 37.0 Å². The molecule has 0 spiro atoms. The molecule has 2 rings (SSSR count). The topological polar surface area (TPSA) is 46.3 Å². The molecule has 1 aromatic rings. The average Bonchev–Trinajstić information content (AvgIpc) is 3.12. The summed E-state index contributed by atoms with van der Waals surface area (Å²) in [5.74, 6) is 0.723. The van der Waals surface area contributed by atoms with Crippen molar-refractivity contribution >= 4 is 27.5 Å². The van der Waals surface area contributed by atoms with Gasteiger partial charge >= 0.3 is 0 Å². The fraction of sp³-hybridized carbons (Fsp3) is 0.500. The average molecular weight is 311 g/mol. The van der Waals surface area contributed by atoms with Gasteiger partial charge in [0.1, 0.15) is 0 Å². The van der Waals surface area contributed by atoms with Crippen LogP contribution >= 0.6 is 15.9 Å². The van der Waals surface area contributed by atoms with Crippen LogP contribution in [0.25, 0.3) is 0 Å². The second-order valence-electron chi connectivity index (χ2n) is 5.23. The summed E-state index contributed by atoms with van der Waals surface area (Å²) in [5.41, 5.74) is 7.05. The molecule has 2 N–H and O–H groups in total. The number of hydrogen-bond donors (Lipinski definition) is 1. The Labute approximate surface area is 116 Å². The Hall–Kier alpha value is -1.03. The number of hydrogen-bond acceptors (Lipinski definition) is 2. The molecule has 1 amide bonds. The van der Waals surface area contributed by atoms with Crippen LogP contribution in [0.2, 0.25) is 0 Å². The van der Waals surface area contributed by atoms with Crippen molar-refractivity contribution in [3.05, 3.63) is 28.2 Å². The lowest BCUT2D eigenvalue weighted by atomic mass is 10.1. The predicted molar refractivity (Wildman–Crippen MR) is 77.5 cm³/mol. The van der Waals surface area contributed by atoms with E-state index < -0.39 is 0 Å². The van der Waals surface area contributed by atoms with Crippen LogP contribution in [-0.4, -0.2) is 23.4 Å². The van der Waals surface area contributed by atoms with Crippen molar-refractivity contribution in [2.45, 2.75) is 32.7 Å². The number of benzene rings is 1. The Morgan fingerprint density at radius 2 is 2.17 bits per heavy atom. The van der Waals surface area contributed by atoms with Gasteiger partial charge in [-0.2, -0.15) is 0 Å². The van der Waals surface area contributed by atoms with E-state index in [2.05, 4.69) is 29.8 Å². The normalized spacial score (nSPS) is 14.9. The fourth-order valence-corrected chi connectivity index (χ4v) is 2.34. The Morgan fingerprint density at radius 1 is 1.50 bits per heavy atom. The van der Waals surface area contributed by atoms with Gasteiger partial charge in [0.15, 0.2) is 0 Å². The lowest BCUT2D eigenvalue weighted by Gasteiger charge is -2.27. The summed E-state index contributed by atoms with van der Waals surface area (Å²) in [4.78, 5) is 14.5. The summed E-state index contributed by atoms with van der Waals surface area (Å²) < 4.78 is 0.884. The van der Waals surface area contributed by atoms with Gasteiger partial charge in [-0.3, -0.25) is 4.79 Å². The van der Waals surface area contributed by atoms with E-state index in [9.17, 15) is 4.79 Å². The molecule has 1 aliphatic rings. The maximum atomic E-state index is 12.5. The molecule has 0 radical (unpaired) electrons. The molecular formula is C14H19BrN2O. The zero-order valence-corrected chi connectivity index (χ0v) is 12.4. The Bertz CT molecular complexity index is 455. The molecule has 0 atom stereocenters. The molecule has 98 valence electrons. The van der Waals surface area contributed by atoms with Crippen molar-refractivity contribution in [2.75, 3.05) is 12.3 Å². The summed E-state index contributed by atoms with van der Waals surface area (Å²) in [6, 6.07) is 5.64. The Morgan fingerprint density at radius 3 is 2.72 bits per heavy atom. The van der Waals surface area contributed by atoms with Crippen LogP contribution in [0.3, 0.4) is 0 Å². The molecule has 1 fully saturated rings. The van der Waals surface area contributed by atoms with Crippen molar-refractivity contribution in [2.24, 2.45) is 5.92 Å². The highest BCUT2D eigenvalue weighted by molar-refractivity contribution is 9.10. The smallest absolute Gasteiger partial charge is 0.256 e. The van der Waals surface area contributed by atoms with E-state index in [1.165, 1.54) is 12.8 Å². The molecule has 1 saturated carbocycles. The molecule has 0 unspecified atom stereocenters. The molecule has 0 saturated heterocycles. The largest absolute Gasteiger partial charge is 0.398 e. The molecular weight excluding hydrogens is 292 g/mol. The molecule has 0 aliphatic heterocycles.